The van der Waals surface area contributed by atoms with E-state index < -0.39 is 16.0 Å². The Kier molecular flexibility index (Phi) is 5.00. The van der Waals surface area contributed by atoms with Crippen LogP contribution in [0, 0.1) is 5.92 Å². The summed E-state index contributed by atoms with van der Waals surface area (Å²) in [5.41, 5.74) is 1.25. The van der Waals surface area contributed by atoms with Gasteiger partial charge in [0.05, 0.1) is 10.5 Å². The van der Waals surface area contributed by atoms with E-state index in [1.165, 1.54) is 29.5 Å². The molecular formula is C15H17NO4S2. The molecular weight excluding hydrogens is 322 g/mol. The number of sulfonamides is 1. The van der Waals surface area contributed by atoms with Crippen LogP contribution in [0.3, 0.4) is 0 Å². The second-order valence-electron chi connectivity index (χ2n) is 5.27. The first-order chi connectivity index (χ1) is 10.3. The monoisotopic (exact) mass is 339 g/mol. The van der Waals surface area contributed by atoms with Crippen LogP contribution in [0.5, 0.6) is 0 Å². The molecule has 0 aliphatic carbocycles. The number of thiophene rings is 1. The van der Waals surface area contributed by atoms with Crippen LogP contribution in [-0.2, 0) is 10.0 Å². The largest absolute Gasteiger partial charge is 0.478 e. The van der Waals surface area contributed by atoms with E-state index in [2.05, 4.69) is 4.72 Å². The van der Waals surface area contributed by atoms with Gasteiger partial charge in [-0.25, -0.2) is 17.9 Å². The summed E-state index contributed by atoms with van der Waals surface area (Å²) in [4.78, 5) is 11.4. The molecule has 5 nitrogen and oxygen atoms in total. The molecule has 0 saturated heterocycles. The maximum atomic E-state index is 12.2. The topological polar surface area (TPSA) is 83.5 Å². The van der Waals surface area contributed by atoms with Crippen LogP contribution in [0.1, 0.15) is 24.2 Å². The van der Waals surface area contributed by atoms with Gasteiger partial charge in [-0.15, -0.1) is 0 Å². The number of benzene rings is 1. The number of carbonyl (C=O) groups is 1. The quantitative estimate of drug-likeness (QED) is 0.847. The van der Waals surface area contributed by atoms with Crippen LogP contribution < -0.4 is 4.72 Å². The lowest BCUT2D eigenvalue weighted by molar-refractivity contribution is 0.0697. The van der Waals surface area contributed by atoms with Crippen LogP contribution in [0.2, 0.25) is 0 Å². The highest BCUT2D eigenvalue weighted by Crippen LogP contribution is 2.28. The Morgan fingerprint density at radius 3 is 2.59 bits per heavy atom. The zero-order valence-electron chi connectivity index (χ0n) is 12.2. The molecule has 0 fully saturated rings. The fourth-order valence-electron chi connectivity index (χ4n) is 1.90. The first-order valence-corrected chi connectivity index (χ1v) is 9.13. The fraction of sp³-hybridized carbons (Fsp3) is 0.267. The first kappa shape index (κ1) is 16.7. The van der Waals surface area contributed by atoms with E-state index in [-0.39, 0.29) is 16.4 Å². The Labute approximate surface area is 133 Å². The third kappa shape index (κ3) is 3.73. The lowest BCUT2D eigenvalue weighted by Crippen LogP contribution is -2.27. The Bertz CT molecular complexity index is 765. The van der Waals surface area contributed by atoms with Crippen molar-refractivity contribution >= 4 is 27.3 Å². The number of rotatable bonds is 6. The maximum absolute atomic E-state index is 12.2. The van der Waals surface area contributed by atoms with Gasteiger partial charge in [-0.05, 0) is 46.0 Å². The third-order valence-corrected chi connectivity index (χ3v) is 5.15. The molecule has 2 rings (SSSR count). The highest BCUT2D eigenvalue weighted by atomic mass is 32.2. The van der Waals surface area contributed by atoms with Gasteiger partial charge in [-0.1, -0.05) is 19.9 Å². The van der Waals surface area contributed by atoms with E-state index in [4.69, 9.17) is 0 Å². The second-order valence-corrected chi connectivity index (χ2v) is 7.82. The van der Waals surface area contributed by atoms with Crippen molar-refractivity contribution in [2.24, 2.45) is 5.92 Å². The Balaban J connectivity index is 2.44. The SMILES string of the molecule is CC(C)CNS(=O)(=O)c1ccc(-c2ccsc2)c(C(=O)O)c1. The molecule has 0 radical (unpaired) electrons. The van der Waals surface area contributed by atoms with Crippen molar-refractivity contribution < 1.29 is 18.3 Å². The maximum Gasteiger partial charge on any atom is 0.336 e. The zero-order valence-corrected chi connectivity index (χ0v) is 13.9. The van der Waals surface area contributed by atoms with Crippen molar-refractivity contribution in [2.75, 3.05) is 6.54 Å². The Morgan fingerprint density at radius 2 is 2.05 bits per heavy atom. The lowest BCUT2D eigenvalue weighted by Gasteiger charge is -2.11. The van der Waals surface area contributed by atoms with Crippen molar-refractivity contribution in [1.82, 2.24) is 4.72 Å². The average molecular weight is 339 g/mol. The molecule has 1 aromatic carbocycles. The Morgan fingerprint density at radius 1 is 1.32 bits per heavy atom. The summed E-state index contributed by atoms with van der Waals surface area (Å²) in [6, 6.07) is 5.98. The molecule has 0 aliphatic rings. The van der Waals surface area contributed by atoms with Gasteiger partial charge in [0.15, 0.2) is 0 Å². The molecule has 0 amide bonds. The van der Waals surface area contributed by atoms with Crippen molar-refractivity contribution in [3.63, 3.8) is 0 Å². The summed E-state index contributed by atoms with van der Waals surface area (Å²) >= 11 is 1.45. The van der Waals surface area contributed by atoms with E-state index in [1.807, 2.05) is 24.6 Å². The van der Waals surface area contributed by atoms with Crippen molar-refractivity contribution in [1.29, 1.82) is 0 Å². The highest BCUT2D eigenvalue weighted by Gasteiger charge is 2.19. The molecule has 0 bridgehead atoms. The van der Waals surface area contributed by atoms with Crippen molar-refractivity contribution in [2.45, 2.75) is 18.7 Å². The van der Waals surface area contributed by atoms with Crippen LogP contribution in [0.4, 0.5) is 0 Å². The van der Waals surface area contributed by atoms with Gasteiger partial charge in [0, 0.05) is 6.54 Å². The molecule has 1 aromatic heterocycles. The van der Waals surface area contributed by atoms with E-state index in [9.17, 15) is 18.3 Å². The lowest BCUT2D eigenvalue weighted by atomic mass is 10.0. The summed E-state index contributed by atoms with van der Waals surface area (Å²) in [6.45, 7) is 4.09. The van der Waals surface area contributed by atoms with E-state index >= 15 is 0 Å². The Hall–Kier alpha value is -1.70. The van der Waals surface area contributed by atoms with Gasteiger partial charge in [-0.2, -0.15) is 11.3 Å². The van der Waals surface area contributed by atoms with E-state index in [0.717, 1.165) is 5.56 Å². The molecule has 0 saturated carbocycles. The van der Waals surface area contributed by atoms with Crippen molar-refractivity contribution in [3.05, 3.63) is 40.6 Å². The minimum Gasteiger partial charge on any atom is -0.478 e. The normalized spacial score (nSPS) is 11.8. The van der Waals surface area contributed by atoms with Gasteiger partial charge < -0.3 is 5.11 Å². The molecule has 2 aromatic rings. The number of hydrogen-bond donors (Lipinski definition) is 2. The molecule has 1 heterocycles. The summed E-state index contributed by atoms with van der Waals surface area (Å²) < 4.78 is 26.9. The predicted octanol–water partition coefficient (Wildman–Crippen LogP) is 3.05. The number of carboxylic acid groups (broad SMARTS) is 1. The van der Waals surface area contributed by atoms with Crippen LogP contribution in [0.15, 0.2) is 39.9 Å². The number of nitrogens with one attached hydrogen (secondary N) is 1. The summed E-state index contributed by atoms with van der Waals surface area (Å²) in [5.74, 6) is -0.985. The molecule has 0 spiro atoms. The van der Waals surface area contributed by atoms with Crippen LogP contribution >= 0.6 is 11.3 Å². The highest BCUT2D eigenvalue weighted by molar-refractivity contribution is 7.89. The standard InChI is InChI=1S/C15H17NO4S2/c1-10(2)8-16-22(19,20)12-3-4-13(11-5-6-21-9-11)14(7-12)15(17)18/h3-7,9-10,16H,8H2,1-2H3,(H,17,18). The number of hydrogen-bond acceptors (Lipinski definition) is 4. The summed E-state index contributed by atoms with van der Waals surface area (Å²) in [5, 5.41) is 13.0. The molecule has 2 N–H and O–H groups in total. The van der Waals surface area contributed by atoms with Gasteiger partial charge >= 0.3 is 5.97 Å². The molecule has 22 heavy (non-hydrogen) atoms. The minimum absolute atomic E-state index is 0.0224. The smallest absolute Gasteiger partial charge is 0.336 e. The fourth-order valence-corrected chi connectivity index (χ4v) is 3.79. The van der Waals surface area contributed by atoms with E-state index in [1.54, 1.807) is 6.07 Å². The van der Waals surface area contributed by atoms with Crippen LogP contribution in [0.25, 0.3) is 11.1 Å². The third-order valence-electron chi connectivity index (χ3n) is 3.05. The average Bonchev–Trinajstić information content (AvgIpc) is 2.98. The van der Waals surface area contributed by atoms with Gasteiger partial charge in [0.2, 0.25) is 10.0 Å². The van der Waals surface area contributed by atoms with E-state index in [0.29, 0.717) is 12.1 Å². The van der Waals surface area contributed by atoms with Gasteiger partial charge in [0.1, 0.15) is 0 Å². The predicted molar refractivity (Wildman–Crippen MR) is 86.7 cm³/mol. The van der Waals surface area contributed by atoms with Crippen molar-refractivity contribution in [3.8, 4) is 11.1 Å². The van der Waals surface area contributed by atoms with Gasteiger partial charge in [-0.3, -0.25) is 0 Å². The molecule has 0 unspecified atom stereocenters. The second kappa shape index (κ2) is 6.60. The number of aromatic carboxylic acids is 1. The first-order valence-electron chi connectivity index (χ1n) is 6.71. The number of carboxylic acids is 1. The molecule has 0 aliphatic heterocycles. The molecule has 0 atom stereocenters. The van der Waals surface area contributed by atoms with Gasteiger partial charge in [0.25, 0.3) is 0 Å². The molecule has 118 valence electrons. The minimum atomic E-state index is -3.71. The molecule has 7 heteroatoms. The zero-order chi connectivity index (χ0) is 16.3. The summed E-state index contributed by atoms with van der Waals surface area (Å²) in [7, 11) is -3.71. The summed E-state index contributed by atoms with van der Waals surface area (Å²) in [6.07, 6.45) is 0. The van der Waals surface area contributed by atoms with Crippen LogP contribution in [-0.4, -0.2) is 26.0 Å².